The van der Waals surface area contributed by atoms with E-state index in [1.807, 2.05) is 25.8 Å². The van der Waals surface area contributed by atoms with Crippen LogP contribution in [0, 0.1) is 19.8 Å². The molecule has 2 aliphatic rings. The van der Waals surface area contributed by atoms with E-state index in [2.05, 4.69) is 15.3 Å². The standard InChI is InChI=1S/C21H35N5O2/c1-16-21(17(2)24(3)23-16)22-19(27)15-25-11-13-26(14-12-25)20(28)10-9-18-7-5-4-6-8-18/h18H,4-15H2,1-3H3,(H,22,27). The van der Waals surface area contributed by atoms with Crippen LogP contribution in [0.5, 0.6) is 0 Å². The second-order valence-electron chi connectivity index (χ2n) is 8.42. The smallest absolute Gasteiger partial charge is 0.238 e. The van der Waals surface area contributed by atoms with Crippen molar-refractivity contribution in [3.63, 3.8) is 0 Å². The normalized spacial score (nSPS) is 19.0. The fraction of sp³-hybridized carbons (Fsp3) is 0.762. The number of carbonyl (C=O) groups excluding carboxylic acids is 2. The van der Waals surface area contributed by atoms with Gasteiger partial charge in [0, 0.05) is 39.6 Å². The third-order valence-corrected chi connectivity index (χ3v) is 6.36. The van der Waals surface area contributed by atoms with Crippen molar-refractivity contribution in [1.29, 1.82) is 0 Å². The van der Waals surface area contributed by atoms with Crippen LogP contribution in [0.3, 0.4) is 0 Å². The van der Waals surface area contributed by atoms with Gasteiger partial charge in [0.2, 0.25) is 11.8 Å². The van der Waals surface area contributed by atoms with Crippen LogP contribution in [0.15, 0.2) is 0 Å². The van der Waals surface area contributed by atoms with Gasteiger partial charge >= 0.3 is 0 Å². The fourth-order valence-electron chi connectivity index (χ4n) is 4.45. The first-order valence-corrected chi connectivity index (χ1v) is 10.7. The zero-order valence-electron chi connectivity index (χ0n) is 17.7. The third-order valence-electron chi connectivity index (χ3n) is 6.36. The van der Waals surface area contributed by atoms with Crippen LogP contribution in [0.1, 0.15) is 56.3 Å². The maximum absolute atomic E-state index is 12.5. The molecule has 0 atom stereocenters. The van der Waals surface area contributed by atoms with Gasteiger partial charge in [0.1, 0.15) is 0 Å². The topological polar surface area (TPSA) is 70.5 Å². The van der Waals surface area contributed by atoms with E-state index in [0.717, 1.165) is 55.6 Å². The molecule has 0 radical (unpaired) electrons. The van der Waals surface area contributed by atoms with Crippen LogP contribution in [0.25, 0.3) is 0 Å². The first-order valence-electron chi connectivity index (χ1n) is 10.7. The van der Waals surface area contributed by atoms with Crippen molar-refractivity contribution in [2.24, 2.45) is 13.0 Å². The summed E-state index contributed by atoms with van der Waals surface area (Å²) in [5.41, 5.74) is 2.60. The summed E-state index contributed by atoms with van der Waals surface area (Å²) in [6.07, 6.45) is 8.35. The number of rotatable bonds is 6. The summed E-state index contributed by atoms with van der Waals surface area (Å²) >= 11 is 0. The molecule has 1 aromatic rings. The number of carbonyl (C=O) groups is 2. The number of anilines is 1. The highest BCUT2D eigenvalue weighted by molar-refractivity contribution is 5.93. The molecular weight excluding hydrogens is 354 g/mol. The zero-order valence-corrected chi connectivity index (χ0v) is 17.7. The SMILES string of the molecule is Cc1nn(C)c(C)c1NC(=O)CN1CCN(C(=O)CCC2CCCCC2)CC1. The molecule has 7 heteroatoms. The Labute approximate surface area is 168 Å². The van der Waals surface area contributed by atoms with E-state index in [-0.39, 0.29) is 11.8 Å². The molecule has 1 aliphatic carbocycles. The lowest BCUT2D eigenvalue weighted by molar-refractivity contribution is -0.133. The van der Waals surface area contributed by atoms with Gasteiger partial charge in [0.15, 0.2) is 0 Å². The Kier molecular flexibility index (Phi) is 7.10. The largest absolute Gasteiger partial charge is 0.340 e. The van der Waals surface area contributed by atoms with E-state index in [1.54, 1.807) is 4.68 Å². The van der Waals surface area contributed by atoms with E-state index < -0.39 is 0 Å². The van der Waals surface area contributed by atoms with Gasteiger partial charge in [-0.3, -0.25) is 19.2 Å². The summed E-state index contributed by atoms with van der Waals surface area (Å²) in [6, 6.07) is 0. The van der Waals surface area contributed by atoms with Crippen LogP contribution in [-0.2, 0) is 16.6 Å². The van der Waals surface area contributed by atoms with Crippen molar-refractivity contribution >= 4 is 17.5 Å². The number of hydrogen-bond donors (Lipinski definition) is 1. The second kappa shape index (κ2) is 9.54. The summed E-state index contributed by atoms with van der Waals surface area (Å²) < 4.78 is 1.78. The van der Waals surface area contributed by atoms with Crippen LogP contribution in [-0.4, -0.2) is 64.1 Å². The van der Waals surface area contributed by atoms with Crippen LogP contribution < -0.4 is 5.32 Å². The summed E-state index contributed by atoms with van der Waals surface area (Å²) in [5.74, 6) is 1.02. The van der Waals surface area contributed by atoms with E-state index in [0.29, 0.717) is 13.0 Å². The average molecular weight is 390 g/mol. The number of hydrogen-bond acceptors (Lipinski definition) is 4. The van der Waals surface area contributed by atoms with Gasteiger partial charge in [-0.1, -0.05) is 32.1 Å². The first-order chi connectivity index (χ1) is 13.4. The Bertz CT molecular complexity index is 685. The highest BCUT2D eigenvalue weighted by Gasteiger charge is 2.24. The molecule has 3 rings (SSSR count). The Morgan fingerprint density at radius 3 is 2.36 bits per heavy atom. The molecular formula is C21H35N5O2. The molecule has 1 aromatic heterocycles. The van der Waals surface area contributed by atoms with E-state index in [4.69, 9.17) is 0 Å². The number of aromatic nitrogens is 2. The number of amides is 2. The number of nitrogens with zero attached hydrogens (tertiary/aromatic N) is 4. The minimum atomic E-state index is -0.0173. The van der Waals surface area contributed by atoms with Crippen molar-refractivity contribution in [3.8, 4) is 0 Å². The van der Waals surface area contributed by atoms with Gasteiger partial charge in [0.25, 0.3) is 0 Å². The Balaban J connectivity index is 1.38. The van der Waals surface area contributed by atoms with E-state index >= 15 is 0 Å². The highest BCUT2D eigenvalue weighted by atomic mass is 16.2. The van der Waals surface area contributed by atoms with Gasteiger partial charge in [-0.25, -0.2) is 0 Å². The molecule has 156 valence electrons. The quantitative estimate of drug-likeness (QED) is 0.811. The molecule has 1 saturated carbocycles. The molecule has 2 amide bonds. The minimum Gasteiger partial charge on any atom is -0.340 e. The fourth-order valence-corrected chi connectivity index (χ4v) is 4.45. The van der Waals surface area contributed by atoms with Gasteiger partial charge < -0.3 is 10.2 Å². The number of piperazine rings is 1. The number of aryl methyl sites for hydroxylation is 2. The van der Waals surface area contributed by atoms with Crippen LogP contribution in [0.2, 0.25) is 0 Å². The molecule has 28 heavy (non-hydrogen) atoms. The molecule has 1 N–H and O–H groups in total. The summed E-state index contributed by atoms with van der Waals surface area (Å²) in [7, 11) is 1.88. The van der Waals surface area contributed by atoms with Crippen molar-refractivity contribution in [3.05, 3.63) is 11.4 Å². The van der Waals surface area contributed by atoms with Crippen molar-refractivity contribution in [2.45, 2.75) is 58.8 Å². The predicted molar refractivity (Wildman–Crippen MR) is 110 cm³/mol. The summed E-state index contributed by atoms with van der Waals surface area (Å²) in [6.45, 7) is 7.18. The molecule has 7 nitrogen and oxygen atoms in total. The van der Waals surface area contributed by atoms with Gasteiger partial charge in [0.05, 0.1) is 23.6 Å². The van der Waals surface area contributed by atoms with Crippen LogP contribution in [0.4, 0.5) is 5.69 Å². The molecule has 0 spiro atoms. The molecule has 0 aromatic carbocycles. The monoisotopic (exact) mass is 389 g/mol. The first kappa shape index (κ1) is 20.8. The summed E-state index contributed by atoms with van der Waals surface area (Å²) in [5, 5.41) is 7.33. The van der Waals surface area contributed by atoms with Crippen molar-refractivity contribution < 1.29 is 9.59 Å². The van der Waals surface area contributed by atoms with Crippen molar-refractivity contribution in [1.82, 2.24) is 19.6 Å². The van der Waals surface area contributed by atoms with Gasteiger partial charge in [-0.05, 0) is 26.2 Å². The lowest BCUT2D eigenvalue weighted by Crippen LogP contribution is -2.50. The highest BCUT2D eigenvalue weighted by Crippen LogP contribution is 2.27. The zero-order chi connectivity index (χ0) is 20.1. The lowest BCUT2D eigenvalue weighted by Gasteiger charge is -2.34. The van der Waals surface area contributed by atoms with Gasteiger partial charge in [-0.2, -0.15) is 5.10 Å². The van der Waals surface area contributed by atoms with Crippen molar-refractivity contribution in [2.75, 3.05) is 38.0 Å². The molecule has 2 heterocycles. The molecule has 0 unspecified atom stereocenters. The van der Waals surface area contributed by atoms with Gasteiger partial charge in [-0.15, -0.1) is 0 Å². The van der Waals surface area contributed by atoms with E-state index in [1.165, 1.54) is 32.1 Å². The van der Waals surface area contributed by atoms with Crippen LogP contribution >= 0.6 is 0 Å². The maximum atomic E-state index is 12.5. The van der Waals surface area contributed by atoms with E-state index in [9.17, 15) is 9.59 Å². The molecule has 0 bridgehead atoms. The Morgan fingerprint density at radius 1 is 1.07 bits per heavy atom. The molecule has 2 fully saturated rings. The minimum absolute atomic E-state index is 0.0173. The Hall–Kier alpha value is -1.89. The second-order valence-corrected chi connectivity index (χ2v) is 8.42. The Morgan fingerprint density at radius 2 is 1.75 bits per heavy atom. The lowest BCUT2D eigenvalue weighted by atomic mass is 9.86. The molecule has 1 saturated heterocycles. The third kappa shape index (κ3) is 5.34. The number of nitrogens with one attached hydrogen (secondary N) is 1. The maximum Gasteiger partial charge on any atom is 0.238 e. The molecule has 1 aliphatic heterocycles. The summed E-state index contributed by atoms with van der Waals surface area (Å²) in [4.78, 5) is 29.0. The average Bonchev–Trinajstić information content (AvgIpc) is 2.93. The predicted octanol–water partition coefficient (Wildman–Crippen LogP) is 2.48.